The highest BCUT2D eigenvalue weighted by Crippen LogP contribution is 2.18. The molecule has 0 aliphatic heterocycles. The zero-order valence-electron chi connectivity index (χ0n) is 14.4. The molecular formula is C18H20N2O5S. The Bertz CT molecular complexity index is 774. The van der Waals surface area contributed by atoms with Gasteiger partial charge in [0.05, 0.1) is 4.88 Å². The van der Waals surface area contributed by atoms with Gasteiger partial charge in [0.25, 0.3) is 5.91 Å². The smallest absolute Gasteiger partial charge is 0.341 e. The van der Waals surface area contributed by atoms with Crippen LogP contribution in [0.15, 0.2) is 41.8 Å². The minimum atomic E-state index is -1.09. The Balaban J connectivity index is 2.04. The molecule has 0 saturated heterocycles. The van der Waals surface area contributed by atoms with Crippen LogP contribution >= 0.6 is 11.3 Å². The highest BCUT2D eigenvalue weighted by atomic mass is 32.1. The zero-order valence-corrected chi connectivity index (χ0v) is 15.2. The Hall–Kier alpha value is -2.87. The number of carboxylic acid groups (broad SMARTS) is 1. The summed E-state index contributed by atoms with van der Waals surface area (Å²) in [7, 11) is 0. The van der Waals surface area contributed by atoms with Gasteiger partial charge in [-0.1, -0.05) is 26.0 Å². The van der Waals surface area contributed by atoms with Crippen molar-refractivity contribution >= 4 is 34.8 Å². The van der Waals surface area contributed by atoms with E-state index in [9.17, 15) is 14.4 Å². The monoisotopic (exact) mass is 376 g/mol. The number of thiophene rings is 1. The second-order valence-electron chi connectivity index (χ2n) is 5.87. The van der Waals surface area contributed by atoms with Crippen LogP contribution in [-0.2, 0) is 9.59 Å². The summed E-state index contributed by atoms with van der Waals surface area (Å²) in [4.78, 5) is 35.9. The summed E-state index contributed by atoms with van der Waals surface area (Å²) < 4.78 is 5.09. The predicted molar refractivity (Wildman–Crippen MR) is 98.6 cm³/mol. The maximum atomic E-state index is 12.6. The average Bonchev–Trinajstić information content (AvgIpc) is 3.12. The van der Waals surface area contributed by atoms with Crippen molar-refractivity contribution in [2.45, 2.75) is 19.9 Å². The topological polar surface area (TPSA) is 105 Å². The van der Waals surface area contributed by atoms with Crippen LogP contribution in [0.4, 0.5) is 5.69 Å². The minimum Gasteiger partial charge on any atom is -0.482 e. The number of anilines is 1. The van der Waals surface area contributed by atoms with Crippen LogP contribution in [0.5, 0.6) is 5.75 Å². The number of hydrogen-bond donors (Lipinski definition) is 3. The van der Waals surface area contributed by atoms with Crippen molar-refractivity contribution in [2.75, 3.05) is 11.9 Å². The van der Waals surface area contributed by atoms with E-state index in [1.54, 1.807) is 35.7 Å². The number of carbonyl (C=O) groups excluding carboxylic acids is 2. The van der Waals surface area contributed by atoms with Crippen LogP contribution in [-0.4, -0.2) is 35.5 Å². The first-order valence-electron chi connectivity index (χ1n) is 7.96. The van der Waals surface area contributed by atoms with E-state index in [4.69, 9.17) is 9.84 Å². The number of hydrogen-bond acceptors (Lipinski definition) is 5. The molecular weight excluding hydrogens is 356 g/mol. The molecule has 0 saturated carbocycles. The molecule has 0 aliphatic rings. The summed E-state index contributed by atoms with van der Waals surface area (Å²) in [5.41, 5.74) is 0.453. The largest absolute Gasteiger partial charge is 0.482 e. The van der Waals surface area contributed by atoms with Gasteiger partial charge in [0.1, 0.15) is 11.8 Å². The van der Waals surface area contributed by atoms with Crippen LogP contribution < -0.4 is 15.4 Å². The van der Waals surface area contributed by atoms with Crippen molar-refractivity contribution in [2.24, 2.45) is 5.92 Å². The molecule has 138 valence electrons. The van der Waals surface area contributed by atoms with Crippen LogP contribution in [0.1, 0.15) is 23.5 Å². The van der Waals surface area contributed by atoms with Crippen LogP contribution in [0, 0.1) is 5.92 Å². The molecule has 3 N–H and O–H groups in total. The van der Waals surface area contributed by atoms with Gasteiger partial charge >= 0.3 is 5.97 Å². The molecule has 2 rings (SSSR count). The van der Waals surface area contributed by atoms with E-state index in [0.29, 0.717) is 16.3 Å². The highest BCUT2D eigenvalue weighted by Gasteiger charge is 2.25. The molecule has 2 aromatic rings. The number of nitrogens with one attached hydrogen (secondary N) is 2. The first-order chi connectivity index (χ1) is 12.4. The van der Waals surface area contributed by atoms with Crippen molar-refractivity contribution in [3.8, 4) is 5.75 Å². The third kappa shape index (κ3) is 5.59. The first kappa shape index (κ1) is 19.5. The van der Waals surface area contributed by atoms with Gasteiger partial charge in [0, 0.05) is 11.8 Å². The van der Waals surface area contributed by atoms with E-state index in [0.717, 1.165) is 0 Å². The van der Waals surface area contributed by atoms with Crippen molar-refractivity contribution in [1.82, 2.24) is 5.32 Å². The molecule has 0 radical (unpaired) electrons. The van der Waals surface area contributed by atoms with E-state index in [2.05, 4.69) is 10.6 Å². The van der Waals surface area contributed by atoms with Crippen molar-refractivity contribution in [3.05, 3.63) is 46.7 Å². The Labute approximate surface area is 155 Å². The summed E-state index contributed by atoms with van der Waals surface area (Å²) in [6.45, 7) is 3.21. The van der Waals surface area contributed by atoms with Gasteiger partial charge in [-0.25, -0.2) is 4.79 Å². The molecule has 1 atom stereocenters. The fraction of sp³-hybridized carbons (Fsp3) is 0.278. The molecule has 26 heavy (non-hydrogen) atoms. The van der Waals surface area contributed by atoms with Gasteiger partial charge in [-0.05, 0) is 29.5 Å². The Morgan fingerprint density at radius 1 is 1.19 bits per heavy atom. The number of benzene rings is 1. The number of aliphatic carboxylic acids is 1. The Kier molecular flexibility index (Phi) is 6.74. The average molecular weight is 376 g/mol. The van der Waals surface area contributed by atoms with E-state index in [-0.39, 0.29) is 17.7 Å². The number of carbonyl (C=O) groups is 3. The molecule has 0 aliphatic carbocycles. The lowest BCUT2D eigenvalue weighted by molar-refractivity contribution is -0.139. The zero-order chi connectivity index (χ0) is 19.1. The van der Waals surface area contributed by atoms with Crippen molar-refractivity contribution in [3.63, 3.8) is 0 Å². The van der Waals surface area contributed by atoms with Crippen LogP contribution in [0.2, 0.25) is 0 Å². The third-order valence-electron chi connectivity index (χ3n) is 3.44. The molecule has 1 unspecified atom stereocenters. The number of amides is 2. The minimum absolute atomic E-state index is 0.120. The lowest BCUT2D eigenvalue weighted by Gasteiger charge is -2.21. The second kappa shape index (κ2) is 9.00. The Morgan fingerprint density at radius 3 is 2.58 bits per heavy atom. The molecule has 0 fully saturated rings. The van der Waals surface area contributed by atoms with Crippen LogP contribution in [0.25, 0.3) is 0 Å². The molecule has 2 amide bonds. The fourth-order valence-electron chi connectivity index (χ4n) is 2.18. The SMILES string of the molecule is CC(C)C(NC(=O)c1cccs1)C(=O)Nc1cccc(OCC(=O)O)c1. The van der Waals surface area contributed by atoms with Gasteiger partial charge in [0.15, 0.2) is 6.61 Å². The predicted octanol–water partition coefficient (Wildman–Crippen LogP) is 2.60. The summed E-state index contributed by atoms with van der Waals surface area (Å²) in [6.07, 6.45) is 0. The maximum absolute atomic E-state index is 12.6. The number of carboxylic acids is 1. The second-order valence-corrected chi connectivity index (χ2v) is 6.82. The maximum Gasteiger partial charge on any atom is 0.341 e. The van der Waals surface area contributed by atoms with Gasteiger partial charge in [-0.2, -0.15) is 0 Å². The standard InChI is InChI=1S/C18H20N2O5S/c1-11(2)16(20-17(23)14-7-4-8-26-14)18(24)19-12-5-3-6-13(9-12)25-10-15(21)22/h3-9,11,16H,10H2,1-2H3,(H,19,24)(H,20,23)(H,21,22). The fourth-order valence-corrected chi connectivity index (χ4v) is 2.81. The molecule has 7 nitrogen and oxygen atoms in total. The lowest BCUT2D eigenvalue weighted by Crippen LogP contribution is -2.46. The molecule has 0 spiro atoms. The Morgan fingerprint density at radius 2 is 1.96 bits per heavy atom. The van der Waals surface area contributed by atoms with E-state index >= 15 is 0 Å². The quantitative estimate of drug-likeness (QED) is 0.657. The highest BCUT2D eigenvalue weighted by molar-refractivity contribution is 7.12. The molecule has 8 heteroatoms. The molecule has 1 heterocycles. The van der Waals surface area contributed by atoms with Gasteiger partial charge in [-0.15, -0.1) is 11.3 Å². The van der Waals surface area contributed by atoms with Gasteiger partial charge in [0.2, 0.25) is 5.91 Å². The van der Waals surface area contributed by atoms with E-state index in [1.165, 1.54) is 17.4 Å². The normalized spacial score (nSPS) is 11.7. The van der Waals surface area contributed by atoms with Gasteiger partial charge in [-0.3, -0.25) is 9.59 Å². The van der Waals surface area contributed by atoms with E-state index < -0.39 is 18.6 Å². The molecule has 1 aromatic heterocycles. The summed E-state index contributed by atoms with van der Waals surface area (Å²) in [6, 6.07) is 9.17. The van der Waals surface area contributed by atoms with Crippen molar-refractivity contribution < 1.29 is 24.2 Å². The summed E-state index contributed by atoms with van der Waals surface area (Å²) in [5.74, 6) is -1.54. The number of ether oxygens (including phenoxy) is 1. The van der Waals surface area contributed by atoms with Gasteiger partial charge < -0.3 is 20.5 Å². The summed E-state index contributed by atoms with van der Waals surface area (Å²) >= 11 is 1.30. The van der Waals surface area contributed by atoms with Crippen molar-refractivity contribution in [1.29, 1.82) is 0 Å². The van der Waals surface area contributed by atoms with Crippen LogP contribution in [0.3, 0.4) is 0 Å². The molecule has 0 bridgehead atoms. The lowest BCUT2D eigenvalue weighted by atomic mass is 10.0. The summed E-state index contributed by atoms with van der Waals surface area (Å²) in [5, 5.41) is 15.9. The van der Waals surface area contributed by atoms with E-state index in [1.807, 2.05) is 13.8 Å². The third-order valence-corrected chi connectivity index (χ3v) is 4.31. The molecule has 1 aromatic carbocycles. The first-order valence-corrected chi connectivity index (χ1v) is 8.84. The number of rotatable bonds is 8.